The molecule has 1 aliphatic rings. The van der Waals surface area contributed by atoms with Gasteiger partial charge in [0.25, 0.3) is 0 Å². The molecule has 1 N–H and O–H groups in total. The maximum absolute atomic E-state index is 13.9. The van der Waals surface area contributed by atoms with Gasteiger partial charge in [-0.3, -0.25) is 4.21 Å². The molecule has 1 unspecified atom stereocenters. The molecule has 0 saturated heterocycles. The van der Waals surface area contributed by atoms with Crippen LogP contribution in [0.3, 0.4) is 0 Å². The van der Waals surface area contributed by atoms with Crippen LogP contribution in [-0.4, -0.2) is 41.7 Å². The molecule has 190 valence electrons. The molecule has 0 bridgehead atoms. The van der Waals surface area contributed by atoms with E-state index in [1.165, 1.54) is 6.26 Å². The van der Waals surface area contributed by atoms with E-state index in [2.05, 4.69) is 30.9 Å². The van der Waals surface area contributed by atoms with Crippen LogP contribution in [0.2, 0.25) is 0 Å². The normalized spacial score (nSPS) is 17.1. The summed E-state index contributed by atoms with van der Waals surface area (Å²) >= 11 is 0. The maximum atomic E-state index is 13.9. The summed E-state index contributed by atoms with van der Waals surface area (Å²) < 4.78 is 19.7. The molecule has 0 spiro atoms. The topological polar surface area (TPSA) is 70.1 Å². The summed E-state index contributed by atoms with van der Waals surface area (Å²) in [5.41, 5.74) is 2.73. The fourth-order valence-electron chi connectivity index (χ4n) is 4.73. The van der Waals surface area contributed by atoms with E-state index in [9.17, 15) is 9.00 Å². The lowest BCUT2D eigenvalue weighted by molar-refractivity contribution is -0.131. The number of hydrogen-bond donors (Lipinski definition) is 1. The minimum Gasteiger partial charge on any atom is -0.478 e. The predicted octanol–water partition coefficient (Wildman–Crippen LogP) is 6.36. The van der Waals surface area contributed by atoms with Crippen LogP contribution in [0.25, 0.3) is 0 Å². The Morgan fingerprint density at radius 1 is 1.14 bits per heavy atom. The Morgan fingerprint density at radius 2 is 1.80 bits per heavy atom. The van der Waals surface area contributed by atoms with Gasteiger partial charge in [-0.05, 0) is 31.0 Å². The molecule has 7 heteroatoms. The van der Waals surface area contributed by atoms with Crippen molar-refractivity contribution in [2.24, 2.45) is 5.41 Å². The monoisotopic (exact) mass is 498 g/mol. The number of para-hydroxylation sites is 1. The van der Waals surface area contributed by atoms with Crippen molar-refractivity contribution in [2.45, 2.75) is 57.3 Å². The fraction of sp³-hybridized carbons (Fsp3) is 0.464. The Morgan fingerprint density at radius 3 is 2.37 bits per heavy atom. The smallest absolute Gasteiger partial charge is 0.331 e. The molecule has 35 heavy (non-hydrogen) atoms. The predicted molar refractivity (Wildman–Crippen MR) is 144 cm³/mol. The first kappa shape index (κ1) is 26.8. The minimum atomic E-state index is -1.23. The Bertz CT molecular complexity index is 1040. The molecule has 0 saturated carbocycles. The van der Waals surface area contributed by atoms with E-state index in [4.69, 9.17) is 9.84 Å². The number of ether oxygens (including phenoxy) is 1. The second kappa shape index (κ2) is 12.2. The Balaban J connectivity index is 2.18. The molecular formula is C28H38N2O4S. The first-order valence-electron chi connectivity index (χ1n) is 12.4. The van der Waals surface area contributed by atoms with E-state index in [1.54, 1.807) is 0 Å². The number of carboxylic acid groups (broad SMARTS) is 1. The average Bonchev–Trinajstić information content (AvgIpc) is 2.96. The van der Waals surface area contributed by atoms with E-state index < -0.39 is 16.8 Å². The summed E-state index contributed by atoms with van der Waals surface area (Å²) in [7, 11) is 2.61. The van der Waals surface area contributed by atoms with E-state index >= 15 is 0 Å². The molecule has 6 nitrogen and oxygen atoms in total. The van der Waals surface area contributed by atoms with Gasteiger partial charge in [-0.1, -0.05) is 57.7 Å². The lowest BCUT2D eigenvalue weighted by Gasteiger charge is -2.37. The van der Waals surface area contributed by atoms with Gasteiger partial charge < -0.3 is 19.6 Å². The third-order valence-electron chi connectivity index (χ3n) is 6.58. The zero-order chi connectivity index (χ0) is 25.4. The van der Waals surface area contributed by atoms with Gasteiger partial charge in [-0.2, -0.15) is 0 Å². The van der Waals surface area contributed by atoms with Crippen LogP contribution in [0, 0.1) is 5.41 Å². The van der Waals surface area contributed by atoms with Crippen molar-refractivity contribution >= 4 is 33.8 Å². The number of anilines is 3. The molecule has 1 aliphatic heterocycles. The van der Waals surface area contributed by atoms with Gasteiger partial charge in [0.15, 0.2) is 5.75 Å². The third kappa shape index (κ3) is 6.66. The van der Waals surface area contributed by atoms with E-state index in [0.717, 1.165) is 73.1 Å². The van der Waals surface area contributed by atoms with Gasteiger partial charge in [0.1, 0.15) is 0 Å². The van der Waals surface area contributed by atoms with Gasteiger partial charge in [-0.25, -0.2) is 4.79 Å². The number of rotatable bonds is 11. The fourth-order valence-corrected chi connectivity index (χ4v) is 6.47. The zero-order valence-electron chi connectivity index (χ0n) is 21.3. The standard InChI is InChI=1S/C28H38N2O4S/c1-5-7-15-28(16-8-6-2)20-30(22-12-10-9-11-13-22)24-18-23(29(3)4)25(34-17-14-27(31)32)19-26(24)35(33)21-28/h9-14,17-19H,5-8,15-16,20-21H2,1-4H3,(H,31,32)/b17-14+. The molecule has 1 atom stereocenters. The molecule has 2 aromatic rings. The van der Waals surface area contributed by atoms with Gasteiger partial charge in [0.05, 0.1) is 39.4 Å². The van der Waals surface area contributed by atoms with Crippen LogP contribution in [0.5, 0.6) is 5.75 Å². The molecule has 0 radical (unpaired) electrons. The lowest BCUT2D eigenvalue weighted by Crippen LogP contribution is -2.37. The van der Waals surface area contributed by atoms with Crippen LogP contribution in [-0.2, 0) is 15.6 Å². The number of aliphatic carboxylic acids is 1. The first-order chi connectivity index (χ1) is 16.8. The van der Waals surface area contributed by atoms with Crippen molar-refractivity contribution in [1.29, 1.82) is 0 Å². The second-order valence-corrected chi connectivity index (χ2v) is 11.0. The Labute approximate surface area is 212 Å². The second-order valence-electron chi connectivity index (χ2n) is 9.56. The molecular weight excluding hydrogens is 460 g/mol. The largest absolute Gasteiger partial charge is 0.478 e. The third-order valence-corrected chi connectivity index (χ3v) is 8.28. The number of carbonyl (C=O) groups is 1. The number of unbranched alkanes of at least 4 members (excludes halogenated alkanes) is 2. The van der Waals surface area contributed by atoms with E-state index in [0.29, 0.717) is 11.5 Å². The highest BCUT2D eigenvalue weighted by Gasteiger charge is 2.39. The molecule has 3 rings (SSSR count). The van der Waals surface area contributed by atoms with Crippen LogP contribution in [0.15, 0.2) is 59.7 Å². The molecule has 0 aliphatic carbocycles. The Hall–Kier alpha value is -2.80. The molecule has 1 heterocycles. The summed E-state index contributed by atoms with van der Waals surface area (Å²) in [6, 6.07) is 14.2. The van der Waals surface area contributed by atoms with Gasteiger partial charge in [0.2, 0.25) is 0 Å². The van der Waals surface area contributed by atoms with Gasteiger partial charge in [-0.15, -0.1) is 0 Å². The van der Waals surface area contributed by atoms with Crippen molar-refractivity contribution in [3.8, 4) is 5.75 Å². The van der Waals surface area contributed by atoms with Crippen LogP contribution in [0.4, 0.5) is 17.1 Å². The van der Waals surface area contributed by atoms with Crippen LogP contribution < -0.4 is 14.5 Å². The van der Waals surface area contributed by atoms with Crippen LogP contribution >= 0.6 is 0 Å². The van der Waals surface area contributed by atoms with Crippen molar-refractivity contribution in [1.82, 2.24) is 0 Å². The highest BCUT2D eigenvalue weighted by Crippen LogP contribution is 2.46. The number of benzene rings is 2. The molecule has 0 aromatic heterocycles. The van der Waals surface area contributed by atoms with Crippen molar-refractivity contribution in [3.63, 3.8) is 0 Å². The lowest BCUT2D eigenvalue weighted by atomic mass is 9.79. The van der Waals surface area contributed by atoms with Crippen molar-refractivity contribution < 1.29 is 18.8 Å². The summed E-state index contributed by atoms with van der Waals surface area (Å²) in [4.78, 5) is 15.9. The SMILES string of the molecule is CCCCC1(CCCC)CN(c2ccccc2)c2cc(N(C)C)c(O/C=C/C(=O)O)cc2S(=O)C1. The first-order valence-corrected chi connectivity index (χ1v) is 13.7. The maximum Gasteiger partial charge on any atom is 0.331 e. The number of carboxylic acids is 1. The number of hydrogen-bond acceptors (Lipinski definition) is 5. The highest BCUT2D eigenvalue weighted by molar-refractivity contribution is 7.85. The zero-order valence-corrected chi connectivity index (χ0v) is 22.1. The highest BCUT2D eigenvalue weighted by atomic mass is 32.2. The van der Waals surface area contributed by atoms with E-state index in [-0.39, 0.29) is 5.41 Å². The number of fused-ring (bicyclic) bond motifs is 1. The average molecular weight is 499 g/mol. The summed E-state index contributed by atoms with van der Waals surface area (Å²) in [6.45, 7) is 5.23. The quantitative estimate of drug-likeness (QED) is 0.287. The van der Waals surface area contributed by atoms with Crippen molar-refractivity contribution in [2.75, 3.05) is 36.2 Å². The summed E-state index contributed by atoms with van der Waals surface area (Å²) in [5.74, 6) is 0.0125. The van der Waals surface area contributed by atoms with E-state index in [1.807, 2.05) is 49.3 Å². The van der Waals surface area contributed by atoms with Crippen LogP contribution in [0.1, 0.15) is 52.4 Å². The molecule has 0 fully saturated rings. The summed E-state index contributed by atoms with van der Waals surface area (Å²) in [6.07, 6.45) is 8.64. The van der Waals surface area contributed by atoms with Crippen molar-refractivity contribution in [3.05, 3.63) is 54.8 Å². The minimum absolute atomic E-state index is 0.0613. The Kier molecular flexibility index (Phi) is 9.38. The summed E-state index contributed by atoms with van der Waals surface area (Å²) in [5, 5.41) is 8.97. The molecule has 0 amide bonds. The molecule has 2 aromatic carbocycles. The van der Waals surface area contributed by atoms with Gasteiger partial charge >= 0.3 is 5.97 Å². The number of nitrogens with zero attached hydrogens (tertiary/aromatic N) is 2. The van der Waals surface area contributed by atoms with Gasteiger partial charge in [0, 0.05) is 43.6 Å².